The zero-order valence-electron chi connectivity index (χ0n) is 11.6. The number of amides is 2. The second kappa shape index (κ2) is 6.21. The molecule has 0 saturated carbocycles. The summed E-state index contributed by atoms with van der Waals surface area (Å²) < 4.78 is 4.93. The number of carboxylic acid groups (broad SMARTS) is 1. The van der Waals surface area contributed by atoms with Crippen molar-refractivity contribution in [1.29, 1.82) is 0 Å². The molecule has 112 valence electrons. The average molecular weight is 284 g/mol. The van der Waals surface area contributed by atoms with Crippen LogP contribution >= 0.6 is 0 Å². The van der Waals surface area contributed by atoms with Crippen LogP contribution in [0.1, 0.15) is 12.8 Å². The Kier molecular flexibility index (Phi) is 4.59. The highest BCUT2D eigenvalue weighted by atomic mass is 16.5. The van der Waals surface area contributed by atoms with E-state index in [2.05, 4.69) is 0 Å². The van der Waals surface area contributed by atoms with Gasteiger partial charge in [-0.1, -0.05) is 0 Å². The molecule has 2 fully saturated rings. The predicted octanol–water partition coefficient (Wildman–Crippen LogP) is -0.586. The van der Waals surface area contributed by atoms with Crippen LogP contribution in [-0.4, -0.2) is 72.6 Å². The Morgan fingerprint density at radius 2 is 2.10 bits per heavy atom. The first-order chi connectivity index (χ1) is 9.52. The number of hydrogen-bond acceptors (Lipinski definition) is 4. The third-order valence-corrected chi connectivity index (χ3v) is 3.98. The molecule has 0 aromatic carbocycles. The fourth-order valence-corrected chi connectivity index (χ4v) is 2.78. The number of methoxy groups -OCH3 is 1. The molecule has 2 saturated heterocycles. The Balaban J connectivity index is 1.88. The average Bonchev–Trinajstić information content (AvgIpc) is 3.02. The minimum atomic E-state index is -0.857. The number of ether oxygens (including phenoxy) is 1. The Hall–Kier alpha value is -1.63. The summed E-state index contributed by atoms with van der Waals surface area (Å²) in [6, 6.07) is 0. The zero-order chi connectivity index (χ0) is 14.7. The van der Waals surface area contributed by atoms with E-state index in [4.69, 9.17) is 9.84 Å². The molecule has 2 aliphatic rings. The summed E-state index contributed by atoms with van der Waals surface area (Å²) >= 11 is 0. The normalized spacial score (nSPS) is 26.4. The molecule has 2 atom stereocenters. The molecular formula is C13H20N2O5. The maximum Gasteiger partial charge on any atom is 0.308 e. The molecular weight excluding hydrogens is 264 g/mol. The molecule has 7 nitrogen and oxygen atoms in total. The first kappa shape index (κ1) is 14.8. The molecule has 2 rings (SSSR count). The zero-order valence-corrected chi connectivity index (χ0v) is 11.6. The molecule has 7 heteroatoms. The van der Waals surface area contributed by atoms with Crippen molar-refractivity contribution in [2.24, 2.45) is 11.8 Å². The van der Waals surface area contributed by atoms with Gasteiger partial charge in [0.05, 0.1) is 18.4 Å². The molecule has 0 aromatic heterocycles. The van der Waals surface area contributed by atoms with Crippen molar-refractivity contribution in [3.05, 3.63) is 0 Å². The highest BCUT2D eigenvalue weighted by Gasteiger charge is 2.39. The van der Waals surface area contributed by atoms with E-state index in [0.29, 0.717) is 32.7 Å². The number of aliphatic carboxylic acids is 1. The fourth-order valence-electron chi connectivity index (χ4n) is 2.78. The molecule has 2 heterocycles. The van der Waals surface area contributed by atoms with Crippen molar-refractivity contribution >= 4 is 17.8 Å². The molecule has 0 radical (unpaired) electrons. The van der Waals surface area contributed by atoms with Crippen LogP contribution in [0, 0.1) is 11.8 Å². The van der Waals surface area contributed by atoms with Gasteiger partial charge in [-0.15, -0.1) is 0 Å². The third-order valence-electron chi connectivity index (χ3n) is 3.98. The van der Waals surface area contributed by atoms with Gasteiger partial charge in [0.2, 0.25) is 11.8 Å². The summed E-state index contributed by atoms with van der Waals surface area (Å²) in [5, 5.41) is 8.95. The summed E-state index contributed by atoms with van der Waals surface area (Å²) in [7, 11) is 1.57. The topological polar surface area (TPSA) is 87.2 Å². The number of carbonyl (C=O) groups excluding carboxylic acids is 2. The van der Waals surface area contributed by atoms with Crippen molar-refractivity contribution in [2.75, 3.05) is 39.9 Å². The van der Waals surface area contributed by atoms with Gasteiger partial charge in [-0.3, -0.25) is 14.4 Å². The van der Waals surface area contributed by atoms with E-state index < -0.39 is 11.9 Å². The van der Waals surface area contributed by atoms with Gasteiger partial charge in [0.25, 0.3) is 0 Å². The van der Waals surface area contributed by atoms with Crippen LogP contribution in [-0.2, 0) is 19.1 Å². The molecule has 0 bridgehead atoms. The second-order valence-electron chi connectivity index (χ2n) is 5.34. The SMILES string of the molecule is COCCN1C[C@@H](C(=O)N2CC[C@@H](C(=O)O)C2)CC1=O. The first-order valence-electron chi connectivity index (χ1n) is 6.81. The van der Waals surface area contributed by atoms with Crippen LogP contribution < -0.4 is 0 Å². The largest absolute Gasteiger partial charge is 0.481 e. The molecule has 2 amide bonds. The first-order valence-corrected chi connectivity index (χ1v) is 6.81. The number of hydrogen-bond donors (Lipinski definition) is 1. The Bertz CT molecular complexity index is 412. The van der Waals surface area contributed by atoms with Gasteiger partial charge in [-0.05, 0) is 6.42 Å². The maximum atomic E-state index is 12.3. The van der Waals surface area contributed by atoms with Crippen molar-refractivity contribution in [1.82, 2.24) is 9.80 Å². The number of likely N-dealkylation sites (tertiary alicyclic amines) is 2. The summed E-state index contributed by atoms with van der Waals surface area (Å²) in [5.41, 5.74) is 0. The second-order valence-corrected chi connectivity index (χ2v) is 5.34. The van der Waals surface area contributed by atoms with Crippen LogP contribution in [0.15, 0.2) is 0 Å². The van der Waals surface area contributed by atoms with E-state index in [1.165, 1.54) is 0 Å². The molecule has 0 aromatic rings. The van der Waals surface area contributed by atoms with Gasteiger partial charge in [0, 0.05) is 39.7 Å². The number of carbonyl (C=O) groups is 3. The van der Waals surface area contributed by atoms with E-state index >= 15 is 0 Å². The smallest absolute Gasteiger partial charge is 0.308 e. The van der Waals surface area contributed by atoms with E-state index in [0.717, 1.165) is 0 Å². The lowest BCUT2D eigenvalue weighted by Crippen LogP contribution is -2.37. The van der Waals surface area contributed by atoms with Crippen molar-refractivity contribution in [3.8, 4) is 0 Å². The monoisotopic (exact) mass is 284 g/mol. The third kappa shape index (κ3) is 3.09. The van der Waals surface area contributed by atoms with E-state index in [1.807, 2.05) is 0 Å². The quantitative estimate of drug-likeness (QED) is 0.729. The maximum absolute atomic E-state index is 12.3. The van der Waals surface area contributed by atoms with Crippen LogP contribution in [0.3, 0.4) is 0 Å². The van der Waals surface area contributed by atoms with Crippen LogP contribution in [0.25, 0.3) is 0 Å². The predicted molar refractivity (Wildman–Crippen MR) is 68.9 cm³/mol. The minimum Gasteiger partial charge on any atom is -0.481 e. The highest BCUT2D eigenvalue weighted by molar-refractivity contribution is 5.89. The molecule has 0 unspecified atom stereocenters. The highest BCUT2D eigenvalue weighted by Crippen LogP contribution is 2.24. The van der Waals surface area contributed by atoms with E-state index in [9.17, 15) is 14.4 Å². The van der Waals surface area contributed by atoms with Gasteiger partial charge in [-0.25, -0.2) is 0 Å². The summed E-state index contributed by atoms with van der Waals surface area (Å²) in [6.45, 7) is 2.10. The van der Waals surface area contributed by atoms with E-state index in [-0.39, 0.29) is 30.7 Å². The molecule has 20 heavy (non-hydrogen) atoms. The van der Waals surface area contributed by atoms with Gasteiger partial charge in [-0.2, -0.15) is 0 Å². The molecule has 0 aliphatic carbocycles. The summed E-state index contributed by atoms with van der Waals surface area (Å²) in [5.74, 6) is -1.80. The molecule has 0 spiro atoms. The molecule has 1 N–H and O–H groups in total. The van der Waals surface area contributed by atoms with Gasteiger partial charge < -0.3 is 19.6 Å². The number of rotatable bonds is 5. The fraction of sp³-hybridized carbons (Fsp3) is 0.769. The van der Waals surface area contributed by atoms with Crippen LogP contribution in [0.5, 0.6) is 0 Å². The summed E-state index contributed by atoms with van der Waals surface area (Å²) in [4.78, 5) is 38.2. The lowest BCUT2D eigenvalue weighted by atomic mass is 10.1. The van der Waals surface area contributed by atoms with Gasteiger partial charge in [0.15, 0.2) is 0 Å². The van der Waals surface area contributed by atoms with Crippen LogP contribution in [0.4, 0.5) is 0 Å². The molecule has 2 aliphatic heterocycles. The standard InChI is InChI=1S/C13H20N2O5/c1-20-5-4-14-8-10(6-11(14)16)12(17)15-3-2-9(7-15)13(18)19/h9-10H,2-8H2,1H3,(H,18,19)/t9-,10+/m1/s1. The lowest BCUT2D eigenvalue weighted by Gasteiger charge is -2.20. The number of carboxylic acids is 1. The van der Waals surface area contributed by atoms with Crippen LogP contribution in [0.2, 0.25) is 0 Å². The Morgan fingerprint density at radius 3 is 2.70 bits per heavy atom. The number of nitrogens with zero attached hydrogens (tertiary/aromatic N) is 2. The van der Waals surface area contributed by atoms with Crippen molar-refractivity contribution in [3.63, 3.8) is 0 Å². The van der Waals surface area contributed by atoms with Gasteiger partial charge >= 0.3 is 5.97 Å². The lowest BCUT2D eigenvalue weighted by molar-refractivity contribution is -0.141. The Morgan fingerprint density at radius 1 is 1.35 bits per heavy atom. The van der Waals surface area contributed by atoms with Gasteiger partial charge in [0.1, 0.15) is 0 Å². The Labute approximate surface area is 117 Å². The van der Waals surface area contributed by atoms with Crippen molar-refractivity contribution < 1.29 is 24.2 Å². The van der Waals surface area contributed by atoms with E-state index in [1.54, 1.807) is 16.9 Å². The minimum absolute atomic E-state index is 0.0330. The van der Waals surface area contributed by atoms with Crippen molar-refractivity contribution in [2.45, 2.75) is 12.8 Å². The summed E-state index contributed by atoms with van der Waals surface area (Å²) in [6.07, 6.45) is 0.714.